The first-order valence-electron chi connectivity index (χ1n) is 5.35. The van der Waals surface area contributed by atoms with Crippen LogP contribution in [0.4, 0.5) is 10.1 Å². The van der Waals surface area contributed by atoms with Gasteiger partial charge in [-0.2, -0.15) is 0 Å². The Morgan fingerprint density at radius 3 is 2.33 bits per heavy atom. The van der Waals surface area contributed by atoms with Crippen molar-refractivity contribution in [3.63, 3.8) is 0 Å². The number of hydrogen-bond acceptors (Lipinski definition) is 3. The van der Waals surface area contributed by atoms with Gasteiger partial charge in [0.2, 0.25) is 0 Å². The fourth-order valence-corrected chi connectivity index (χ4v) is 1.60. The second-order valence-corrected chi connectivity index (χ2v) is 3.80. The van der Waals surface area contributed by atoms with Crippen LogP contribution in [0, 0.1) is 5.82 Å². The van der Waals surface area contributed by atoms with E-state index in [9.17, 15) is 9.18 Å². The number of anilines is 1. The number of rotatable bonds is 3. The fraction of sp³-hybridized carbons (Fsp3) is 0.0714. The summed E-state index contributed by atoms with van der Waals surface area (Å²) >= 11 is 0. The predicted octanol–water partition coefficient (Wildman–Crippen LogP) is 2.65. The Labute approximate surface area is 104 Å². The number of benzene rings is 2. The first-order chi connectivity index (χ1) is 8.61. The SMILES string of the molecule is COc1cc(C(=O)c2ccc(N)cc2)ccc1F. The Kier molecular flexibility index (Phi) is 3.28. The van der Waals surface area contributed by atoms with Crippen LogP contribution in [0.2, 0.25) is 0 Å². The van der Waals surface area contributed by atoms with Crippen molar-refractivity contribution >= 4 is 11.5 Å². The summed E-state index contributed by atoms with van der Waals surface area (Å²) in [5.74, 6) is -0.643. The molecule has 4 heteroatoms. The molecule has 0 aliphatic rings. The van der Waals surface area contributed by atoms with E-state index in [1.54, 1.807) is 24.3 Å². The average Bonchev–Trinajstić information content (AvgIpc) is 2.39. The molecule has 2 N–H and O–H groups in total. The summed E-state index contributed by atoms with van der Waals surface area (Å²) in [5.41, 5.74) is 7.01. The monoisotopic (exact) mass is 245 g/mol. The average molecular weight is 245 g/mol. The van der Waals surface area contributed by atoms with Gasteiger partial charge in [-0.05, 0) is 42.5 Å². The van der Waals surface area contributed by atoms with Gasteiger partial charge in [0.15, 0.2) is 17.3 Å². The Bertz CT molecular complexity index is 579. The van der Waals surface area contributed by atoms with Gasteiger partial charge in [0, 0.05) is 16.8 Å². The molecule has 92 valence electrons. The van der Waals surface area contributed by atoms with Crippen LogP contribution in [-0.2, 0) is 0 Å². The van der Waals surface area contributed by atoms with Crippen LogP contribution < -0.4 is 10.5 Å². The summed E-state index contributed by atoms with van der Waals surface area (Å²) in [6.45, 7) is 0. The van der Waals surface area contributed by atoms with Crippen molar-refractivity contribution in [1.82, 2.24) is 0 Å². The highest BCUT2D eigenvalue weighted by Crippen LogP contribution is 2.20. The Morgan fingerprint density at radius 1 is 1.11 bits per heavy atom. The van der Waals surface area contributed by atoms with E-state index in [4.69, 9.17) is 10.5 Å². The molecule has 3 nitrogen and oxygen atoms in total. The zero-order chi connectivity index (χ0) is 13.1. The van der Waals surface area contributed by atoms with Gasteiger partial charge in [0.25, 0.3) is 0 Å². The topological polar surface area (TPSA) is 52.3 Å². The minimum atomic E-state index is -0.494. The highest BCUT2D eigenvalue weighted by molar-refractivity contribution is 6.09. The number of carbonyl (C=O) groups excluding carboxylic acids is 1. The number of carbonyl (C=O) groups is 1. The minimum absolute atomic E-state index is 0.0521. The minimum Gasteiger partial charge on any atom is -0.494 e. The maximum Gasteiger partial charge on any atom is 0.193 e. The summed E-state index contributed by atoms with van der Waals surface area (Å²) in [6.07, 6.45) is 0. The van der Waals surface area contributed by atoms with Gasteiger partial charge in [0.05, 0.1) is 7.11 Å². The molecule has 2 rings (SSSR count). The van der Waals surface area contributed by atoms with Crippen molar-refractivity contribution in [3.05, 3.63) is 59.4 Å². The van der Waals surface area contributed by atoms with E-state index in [-0.39, 0.29) is 11.5 Å². The highest BCUT2D eigenvalue weighted by atomic mass is 19.1. The molecule has 0 atom stereocenters. The van der Waals surface area contributed by atoms with Gasteiger partial charge in [-0.3, -0.25) is 4.79 Å². The Balaban J connectivity index is 2.37. The van der Waals surface area contributed by atoms with Gasteiger partial charge in [0.1, 0.15) is 0 Å². The van der Waals surface area contributed by atoms with E-state index in [2.05, 4.69) is 0 Å². The lowest BCUT2D eigenvalue weighted by Crippen LogP contribution is -2.02. The third-order valence-corrected chi connectivity index (χ3v) is 2.59. The molecular weight excluding hydrogens is 233 g/mol. The maximum absolute atomic E-state index is 13.2. The van der Waals surface area contributed by atoms with Gasteiger partial charge < -0.3 is 10.5 Å². The third kappa shape index (κ3) is 2.32. The predicted molar refractivity (Wildman–Crippen MR) is 67.2 cm³/mol. The smallest absolute Gasteiger partial charge is 0.193 e. The van der Waals surface area contributed by atoms with Gasteiger partial charge >= 0.3 is 0 Å². The maximum atomic E-state index is 13.2. The summed E-state index contributed by atoms with van der Waals surface area (Å²) in [4.78, 5) is 12.1. The van der Waals surface area contributed by atoms with Crippen molar-refractivity contribution in [1.29, 1.82) is 0 Å². The number of halogens is 1. The van der Waals surface area contributed by atoms with Gasteiger partial charge in [-0.1, -0.05) is 0 Å². The van der Waals surface area contributed by atoms with E-state index in [0.717, 1.165) is 0 Å². The molecule has 0 amide bonds. The number of nitrogens with two attached hydrogens (primary N) is 1. The van der Waals surface area contributed by atoms with E-state index >= 15 is 0 Å². The molecule has 2 aromatic rings. The first-order valence-corrected chi connectivity index (χ1v) is 5.35. The number of hydrogen-bond donors (Lipinski definition) is 1. The van der Waals surface area contributed by atoms with Crippen LogP contribution in [0.15, 0.2) is 42.5 Å². The van der Waals surface area contributed by atoms with Crippen LogP contribution in [0.1, 0.15) is 15.9 Å². The molecule has 0 heterocycles. The molecule has 0 bridgehead atoms. The molecular formula is C14H12FNO2. The largest absolute Gasteiger partial charge is 0.494 e. The zero-order valence-electron chi connectivity index (χ0n) is 9.81. The fourth-order valence-electron chi connectivity index (χ4n) is 1.60. The molecule has 0 saturated heterocycles. The highest BCUT2D eigenvalue weighted by Gasteiger charge is 2.12. The number of nitrogen functional groups attached to an aromatic ring is 1. The van der Waals surface area contributed by atoms with E-state index in [0.29, 0.717) is 16.8 Å². The number of ether oxygens (including phenoxy) is 1. The van der Waals surface area contributed by atoms with Crippen molar-refractivity contribution in [3.8, 4) is 5.75 Å². The molecule has 0 aliphatic heterocycles. The van der Waals surface area contributed by atoms with Crippen molar-refractivity contribution in [2.75, 3.05) is 12.8 Å². The van der Waals surface area contributed by atoms with E-state index in [1.807, 2.05) is 0 Å². The zero-order valence-corrected chi connectivity index (χ0v) is 9.81. The summed E-state index contributed by atoms with van der Waals surface area (Å²) < 4.78 is 18.1. The first kappa shape index (κ1) is 12.1. The van der Waals surface area contributed by atoms with Gasteiger partial charge in [-0.15, -0.1) is 0 Å². The van der Waals surface area contributed by atoms with Crippen molar-refractivity contribution < 1.29 is 13.9 Å². The molecule has 0 unspecified atom stereocenters. The normalized spacial score (nSPS) is 10.1. The van der Waals surface area contributed by atoms with Crippen LogP contribution in [-0.4, -0.2) is 12.9 Å². The molecule has 2 aromatic carbocycles. The van der Waals surface area contributed by atoms with Crippen LogP contribution in [0.25, 0.3) is 0 Å². The lowest BCUT2D eigenvalue weighted by Gasteiger charge is -2.05. The van der Waals surface area contributed by atoms with Crippen molar-refractivity contribution in [2.45, 2.75) is 0 Å². The molecule has 18 heavy (non-hydrogen) atoms. The lowest BCUT2D eigenvalue weighted by molar-refractivity contribution is 0.103. The Hall–Kier alpha value is -2.36. The van der Waals surface area contributed by atoms with E-state index < -0.39 is 5.82 Å². The molecule has 0 spiro atoms. The summed E-state index contributed by atoms with van der Waals surface area (Å²) in [6, 6.07) is 10.6. The standard InChI is InChI=1S/C14H12FNO2/c1-18-13-8-10(4-7-12(13)15)14(17)9-2-5-11(16)6-3-9/h2-8H,16H2,1H3. The second-order valence-electron chi connectivity index (χ2n) is 3.80. The third-order valence-electron chi connectivity index (χ3n) is 2.59. The second kappa shape index (κ2) is 4.87. The van der Waals surface area contributed by atoms with Crippen LogP contribution >= 0.6 is 0 Å². The molecule has 0 aromatic heterocycles. The Morgan fingerprint density at radius 2 is 1.72 bits per heavy atom. The molecule has 0 radical (unpaired) electrons. The van der Waals surface area contributed by atoms with E-state index in [1.165, 1.54) is 25.3 Å². The molecule has 0 saturated carbocycles. The van der Waals surface area contributed by atoms with Crippen molar-refractivity contribution in [2.24, 2.45) is 0 Å². The number of methoxy groups -OCH3 is 1. The summed E-state index contributed by atoms with van der Waals surface area (Å²) in [5, 5.41) is 0. The lowest BCUT2D eigenvalue weighted by atomic mass is 10.0. The van der Waals surface area contributed by atoms with Crippen LogP contribution in [0.5, 0.6) is 5.75 Å². The van der Waals surface area contributed by atoms with Crippen LogP contribution in [0.3, 0.4) is 0 Å². The molecule has 0 fully saturated rings. The summed E-state index contributed by atoms with van der Waals surface area (Å²) in [7, 11) is 1.36. The molecule has 0 aliphatic carbocycles. The quantitative estimate of drug-likeness (QED) is 0.668. The van der Waals surface area contributed by atoms with Gasteiger partial charge in [-0.25, -0.2) is 4.39 Å². The number of ketones is 1.